The largest absolute Gasteiger partial charge is 0.444 e. The van der Waals surface area contributed by atoms with Gasteiger partial charge in [-0.3, -0.25) is 0 Å². The van der Waals surface area contributed by atoms with E-state index in [0.717, 1.165) is 27.9 Å². The van der Waals surface area contributed by atoms with Crippen LogP contribution in [0.2, 0.25) is 0 Å². The zero-order chi connectivity index (χ0) is 22.4. The molecule has 0 bridgehead atoms. The number of carbonyl (C=O) groups is 1. The Balaban J connectivity index is 0. The maximum Gasteiger partial charge on any atom is 0.408 e. The lowest BCUT2D eigenvalue weighted by Crippen LogP contribution is -2.50. The minimum atomic E-state index is -0.574. The van der Waals surface area contributed by atoms with E-state index in [1.54, 1.807) is 7.05 Å². The lowest BCUT2D eigenvalue weighted by molar-refractivity contribution is 0.0470. The lowest BCUT2D eigenvalue weighted by atomic mass is 9.89. The highest BCUT2D eigenvalue weighted by molar-refractivity contribution is 9.11. The number of nitrogens with zero attached hydrogens (tertiary/aromatic N) is 1. The van der Waals surface area contributed by atoms with E-state index in [2.05, 4.69) is 45.3 Å². The quantitative estimate of drug-likeness (QED) is 0.263. The number of thioether (sulfide) groups is 1. The maximum atomic E-state index is 12.5. The van der Waals surface area contributed by atoms with Gasteiger partial charge in [-0.25, -0.2) is 4.79 Å². The molecule has 0 aliphatic carbocycles. The highest BCUT2D eigenvalue weighted by atomic mass is 79.9. The molecule has 7 heteroatoms. The number of halogens is 1. The number of alkyl carbamates (subject to hydrolysis) is 1. The fraction of sp³-hybridized carbons (Fsp3) is 0.714. The van der Waals surface area contributed by atoms with Crippen LogP contribution >= 0.6 is 27.7 Å². The van der Waals surface area contributed by atoms with Gasteiger partial charge in [0, 0.05) is 22.1 Å². The van der Waals surface area contributed by atoms with E-state index in [4.69, 9.17) is 4.74 Å². The van der Waals surface area contributed by atoms with E-state index in [9.17, 15) is 4.79 Å². The van der Waals surface area contributed by atoms with E-state index in [1.165, 1.54) is 11.8 Å². The zero-order valence-electron chi connectivity index (χ0n) is 19.2. The molecule has 0 rings (SSSR count). The van der Waals surface area contributed by atoms with Crippen LogP contribution in [-0.4, -0.2) is 30.0 Å². The Kier molecular flexibility index (Phi) is 15.6. The van der Waals surface area contributed by atoms with Crippen LogP contribution in [0.4, 0.5) is 4.79 Å². The number of nitrogens with one attached hydrogen (secondary N) is 2. The minimum absolute atomic E-state index is 0.428. The summed E-state index contributed by atoms with van der Waals surface area (Å²) in [7, 11) is 1.78. The molecule has 0 aromatic carbocycles. The molecule has 0 aromatic rings. The van der Waals surface area contributed by atoms with Crippen molar-refractivity contribution in [2.45, 2.75) is 92.2 Å². The highest BCUT2D eigenvalue weighted by Gasteiger charge is 2.35. The van der Waals surface area contributed by atoms with Gasteiger partial charge in [-0.1, -0.05) is 62.0 Å². The van der Waals surface area contributed by atoms with Crippen molar-refractivity contribution < 1.29 is 9.53 Å². The average molecular weight is 479 g/mol. The number of hydrazone groups is 1. The van der Waals surface area contributed by atoms with Gasteiger partial charge in [0.25, 0.3) is 0 Å². The van der Waals surface area contributed by atoms with Gasteiger partial charge in [0.15, 0.2) is 0 Å². The third kappa shape index (κ3) is 12.5. The van der Waals surface area contributed by atoms with Crippen LogP contribution in [0.5, 0.6) is 0 Å². The molecule has 0 saturated carbocycles. The predicted octanol–water partition coefficient (Wildman–Crippen LogP) is 6.95. The number of ether oxygens (including phenoxy) is 1. The van der Waals surface area contributed by atoms with Crippen LogP contribution in [0.1, 0.15) is 81.1 Å². The van der Waals surface area contributed by atoms with E-state index in [-0.39, 0.29) is 0 Å². The minimum Gasteiger partial charge on any atom is -0.444 e. The molecule has 28 heavy (non-hydrogen) atoms. The third-order valence-corrected chi connectivity index (χ3v) is 5.93. The molecule has 0 radical (unpaired) electrons. The maximum absolute atomic E-state index is 12.5. The fourth-order valence-electron chi connectivity index (χ4n) is 2.21. The first-order valence-corrected chi connectivity index (χ1v) is 11.6. The number of hydrogen-bond acceptors (Lipinski definition) is 5. The molecular weight excluding hydrogens is 438 g/mol. The van der Waals surface area contributed by atoms with E-state index >= 15 is 0 Å². The molecule has 1 unspecified atom stereocenters. The first-order chi connectivity index (χ1) is 13.0. The van der Waals surface area contributed by atoms with Gasteiger partial charge in [0.1, 0.15) is 5.60 Å². The highest BCUT2D eigenvalue weighted by Crippen LogP contribution is 2.36. The second kappa shape index (κ2) is 15.0. The molecule has 5 nitrogen and oxygen atoms in total. The second-order valence-electron chi connectivity index (χ2n) is 7.09. The normalized spacial score (nSPS) is 14.4. The summed E-state index contributed by atoms with van der Waals surface area (Å²) in [5.74, 6) is 0. The van der Waals surface area contributed by atoms with Crippen LogP contribution in [0.25, 0.3) is 0 Å². The smallest absolute Gasteiger partial charge is 0.408 e. The first kappa shape index (κ1) is 29.3. The van der Waals surface area contributed by atoms with Crippen molar-refractivity contribution in [2.24, 2.45) is 5.10 Å². The molecule has 0 saturated heterocycles. The molecule has 0 aliphatic heterocycles. The summed E-state index contributed by atoms with van der Waals surface area (Å²) >= 11 is 5.06. The van der Waals surface area contributed by atoms with Crippen LogP contribution in [0.3, 0.4) is 0 Å². The summed E-state index contributed by atoms with van der Waals surface area (Å²) in [4.78, 5) is 13.3. The SMILES string of the molecule is C=C(S/C=C(/Br)CC)C(CC)(CC/C(C)=N/NC)NC(=O)OC(C)(C)C.CC. The van der Waals surface area contributed by atoms with Crippen molar-refractivity contribution in [3.63, 3.8) is 0 Å². The molecule has 0 aliphatic rings. The number of allylic oxidation sites excluding steroid dienone is 1. The lowest BCUT2D eigenvalue weighted by Gasteiger charge is -2.36. The van der Waals surface area contributed by atoms with Gasteiger partial charge in [0.2, 0.25) is 0 Å². The van der Waals surface area contributed by atoms with Gasteiger partial charge in [-0.2, -0.15) is 5.10 Å². The summed E-state index contributed by atoms with van der Waals surface area (Å²) < 4.78 is 6.57. The Morgan fingerprint density at radius 2 is 1.86 bits per heavy atom. The Bertz CT molecular complexity index is 542. The molecule has 0 spiro atoms. The van der Waals surface area contributed by atoms with Gasteiger partial charge < -0.3 is 15.5 Å². The van der Waals surface area contributed by atoms with E-state index < -0.39 is 17.2 Å². The molecule has 0 heterocycles. The topological polar surface area (TPSA) is 62.7 Å². The van der Waals surface area contributed by atoms with E-state index in [1.807, 2.05) is 53.9 Å². The summed E-state index contributed by atoms with van der Waals surface area (Å²) in [5.41, 5.74) is 2.65. The van der Waals surface area contributed by atoms with Gasteiger partial charge in [0.05, 0.1) is 5.54 Å². The summed E-state index contributed by atoms with van der Waals surface area (Å²) in [6.45, 7) is 19.9. The van der Waals surface area contributed by atoms with Gasteiger partial charge >= 0.3 is 6.09 Å². The van der Waals surface area contributed by atoms with Crippen molar-refractivity contribution in [2.75, 3.05) is 7.05 Å². The van der Waals surface area contributed by atoms with Gasteiger partial charge in [-0.05, 0) is 58.8 Å². The van der Waals surface area contributed by atoms with Gasteiger partial charge in [-0.15, -0.1) is 0 Å². The molecule has 1 atom stereocenters. The Morgan fingerprint density at radius 1 is 1.29 bits per heavy atom. The van der Waals surface area contributed by atoms with Crippen LogP contribution < -0.4 is 10.7 Å². The predicted molar refractivity (Wildman–Crippen MR) is 129 cm³/mol. The second-order valence-corrected chi connectivity index (χ2v) is 9.08. The number of hydrogen-bond donors (Lipinski definition) is 2. The molecule has 1 amide bonds. The number of rotatable bonds is 10. The number of amides is 1. The molecule has 164 valence electrons. The van der Waals surface area contributed by atoms with Crippen molar-refractivity contribution in [3.8, 4) is 0 Å². The average Bonchev–Trinajstić information content (AvgIpc) is 2.63. The summed E-state index contributed by atoms with van der Waals surface area (Å²) in [5, 5.41) is 9.31. The third-order valence-electron chi connectivity index (χ3n) is 3.76. The number of carbonyl (C=O) groups excluding carboxylic acids is 1. The monoisotopic (exact) mass is 477 g/mol. The van der Waals surface area contributed by atoms with Crippen molar-refractivity contribution >= 4 is 39.5 Å². The van der Waals surface area contributed by atoms with Crippen molar-refractivity contribution in [1.82, 2.24) is 10.7 Å². The molecule has 2 N–H and O–H groups in total. The summed E-state index contributed by atoms with van der Waals surface area (Å²) in [6, 6.07) is 0. The summed E-state index contributed by atoms with van der Waals surface area (Å²) in [6.07, 6.45) is 2.63. The van der Waals surface area contributed by atoms with Crippen molar-refractivity contribution in [1.29, 1.82) is 0 Å². The van der Waals surface area contributed by atoms with Crippen molar-refractivity contribution in [3.05, 3.63) is 21.4 Å². The van der Waals surface area contributed by atoms with Crippen LogP contribution in [-0.2, 0) is 4.74 Å². The van der Waals surface area contributed by atoms with Crippen LogP contribution in [0, 0.1) is 0 Å². The first-order valence-electron chi connectivity index (χ1n) is 9.91. The molecular formula is C21H40BrN3O2S. The molecule has 0 aromatic heterocycles. The Labute approximate surface area is 185 Å². The molecule has 0 fully saturated rings. The standard InChI is InChI=1S/C19H34BrN3O2S.C2H6/c1-9-16(20)13-26-15(4)19(10-2,12-11-14(3)23-21-8)22-17(24)25-18(5,6)7;1-2/h13,21H,4,9-12H2,1-3,5-8H3,(H,22,24);1-2H3/b16-13+,23-14+;. The van der Waals surface area contributed by atoms with E-state index in [0.29, 0.717) is 12.8 Å². The Hall–Kier alpha value is -0.950. The fourth-order valence-corrected chi connectivity index (χ4v) is 3.45. The van der Waals surface area contributed by atoms with Crippen LogP contribution in [0.15, 0.2) is 26.5 Å². The Morgan fingerprint density at radius 3 is 2.29 bits per heavy atom. The zero-order valence-corrected chi connectivity index (χ0v) is 21.6.